The molecule has 1 amide bonds. The number of amides is 1. The van der Waals surface area contributed by atoms with E-state index in [2.05, 4.69) is 20.5 Å². The van der Waals surface area contributed by atoms with Crippen LogP contribution in [0.1, 0.15) is 36.0 Å². The normalized spacial score (nSPS) is 19.5. The van der Waals surface area contributed by atoms with Gasteiger partial charge in [-0.3, -0.25) is 4.79 Å². The van der Waals surface area contributed by atoms with Crippen molar-refractivity contribution >= 4 is 17.5 Å². The van der Waals surface area contributed by atoms with Gasteiger partial charge in [0.2, 0.25) is 11.8 Å². The van der Waals surface area contributed by atoms with E-state index in [0.29, 0.717) is 35.7 Å². The number of rotatable bonds is 5. The second kappa shape index (κ2) is 8.51. The molecule has 9 heteroatoms. The molecule has 2 aliphatic rings. The van der Waals surface area contributed by atoms with Gasteiger partial charge in [0, 0.05) is 62.4 Å². The molecule has 0 spiro atoms. The number of nitrogens with one attached hydrogen (secondary N) is 2. The van der Waals surface area contributed by atoms with E-state index < -0.39 is 11.8 Å². The van der Waals surface area contributed by atoms with Gasteiger partial charge in [-0.1, -0.05) is 0 Å². The topological polar surface area (TPSA) is 96.2 Å². The van der Waals surface area contributed by atoms with Crippen molar-refractivity contribution in [2.75, 3.05) is 36.4 Å². The van der Waals surface area contributed by atoms with Crippen LogP contribution < -0.4 is 21.3 Å². The second-order valence-corrected chi connectivity index (χ2v) is 7.90. The summed E-state index contributed by atoms with van der Waals surface area (Å²) in [5.74, 6) is -1.75. The first-order valence-electron chi connectivity index (χ1n) is 10.3. The first kappa shape index (κ1) is 20.5. The molecule has 0 atom stereocenters. The number of nitrogens with zero attached hydrogens (tertiary/aromatic N) is 3. The summed E-state index contributed by atoms with van der Waals surface area (Å²) >= 11 is 0. The standard InChI is InChI=1S/C21H26F2N6O/c22-21(23)4-1-16(2-5-21)27-18-12-14(3-6-26-18)17-11-15(20(24)30)13-19(28-17)29-9-7-25-8-10-29/h3,6,11-13,16,25H,1-2,4-5,7-10H2,(H2,24,30)(H,26,27). The molecule has 3 heterocycles. The van der Waals surface area contributed by atoms with Crippen molar-refractivity contribution in [2.45, 2.75) is 37.6 Å². The van der Waals surface area contributed by atoms with Gasteiger partial charge in [-0.05, 0) is 37.1 Å². The fourth-order valence-corrected chi connectivity index (χ4v) is 3.92. The molecule has 160 valence electrons. The highest BCUT2D eigenvalue weighted by Crippen LogP contribution is 2.34. The Kier molecular flexibility index (Phi) is 5.80. The average Bonchev–Trinajstić information content (AvgIpc) is 2.76. The molecular formula is C21H26F2N6O. The maximum atomic E-state index is 13.4. The first-order valence-corrected chi connectivity index (χ1v) is 10.3. The van der Waals surface area contributed by atoms with Crippen molar-refractivity contribution in [3.63, 3.8) is 0 Å². The van der Waals surface area contributed by atoms with Crippen LogP contribution in [0.4, 0.5) is 20.4 Å². The van der Waals surface area contributed by atoms with Crippen molar-refractivity contribution in [3.8, 4) is 11.3 Å². The van der Waals surface area contributed by atoms with Crippen LogP contribution in [0.5, 0.6) is 0 Å². The summed E-state index contributed by atoms with van der Waals surface area (Å²) in [6.07, 6.45) is 2.24. The van der Waals surface area contributed by atoms with E-state index in [1.807, 2.05) is 12.1 Å². The van der Waals surface area contributed by atoms with Crippen LogP contribution in [0.3, 0.4) is 0 Å². The van der Waals surface area contributed by atoms with E-state index in [-0.39, 0.29) is 18.9 Å². The molecule has 0 radical (unpaired) electrons. The number of halogens is 2. The summed E-state index contributed by atoms with van der Waals surface area (Å²) < 4.78 is 26.8. The lowest BCUT2D eigenvalue weighted by molar-refractivity contribution is -0.0361. The molecule has 1 aliphatic heterocycles. The van der Waals surface area contributed by atoms with Gasteiger partial charge in [0.05, 0.1) is 5.69 Å². The number of carbonyl (C=O) groups is 1. The number of carbonyl (C=O) groups excluding carboxylic acids is 1. The lowest BCUT2D eigenvalue weighted by Crippen LogP contribution is -2.44. The third kappa shape index (κ3) is 4.84. The summed E-state index contributed by atoms with van der Waals surface area (Å²) in [7, 11) is 0. The van der Waals surface area contributed by atoms with E-state index in [9.17, 15) is 13.6 Å². The van der Waals surface area contributed by atoms with E-state index in [1.54, 1.807) is 18.3 Å². The fraction of sp³-hybridized carbons (Fsp3) is 0.476. The number of hydrogen-bond donors (Lipinski definition) is 3. The predicted molar refractivity (Wildman–Crippen MR) is 112 cm³/mol. The molecule has 0 unspecified atom stereocenters. The van der Waals surface area contributed by atoms with Gasteiger partial charge >= 0.3 is 0 Å². The van der Waals surface area contributed by atoms with Crippen molar-refractivity contribution in [3.05, 3.63) is 36.0 Å². The Bertz CT molecular complexity index is 906. The van der Waals surface area contributed by atoms with Crippen LogP contribution >= 0.6 is 0 Å². The molecule has 0 aromatic carbocycles. The van der Waals surface area contributed by atoms with Crippen LogP contribution in [0, 0.1) is 0 Å². The highest BCUT2D eigenvalue weighted by molar-refractivity contribution is 5.94. The minimum Gasteiger partial charge on any atom is -0.367 e. The maximum Gasteiger partial charge on any atom is 0.248 e. The number of alkyl halides is 2. The Balaban J connectivity index is 1.58. The van der Waals surface area contributed by atoms with Gasteiger partial charge < -0.3 is 21.3 Å². The van der Waals surface area contributed by atoms with Crippen LogP contribution in [0.25, 0.3) is 11.3 Å². The van der Waals surface area contributed by atoms with Crippen molar-refractivity contribution < 1.29 is 13.6 Å². The Morgan fingerprint density at radius 2 is 1.93 bits per heavy atom. The van der Waals surface area contributed by atoms with Crippen LogP contribution in [-0.4, -0.2) is 54.0 Å². The maximum absolute atomic E-state index is 13.4. The van der Waals surface area contributed by atoms with E-state index in [0.717, 1.165) is 31.7 Å². The minimum atomic E-state index is -2.56. The lowest BCUT2D eigenvalue weighted by Gasteiger charge is -2.29. The summed E-state index contributed by atoms with van der Waals surface area (Å²) in [5, 5.41) is 6.56. The summed E-state index contributed by atoms with van der Waals surface area (Å²) in [4.78, 5) is 23.1. The largest absolute Gasteiger partial charge is 0.367 e. The number of piperazine rings is 1. The SMILES string of the molecule is NC(=O)c1cc(-c2ccnc(NC3CCC(F)(F)CC3)c2)nc(N2CCNCC2)c1. The smallest absolute Gasteiger partial charge is 0.248 e. The van der Waals surface area contributed by atoms with E-state index in [4.69, 9.17) is 10.7 Å². The average molecular weight is 416 g/mol. The molecule has 2 aromatic heterocycles. The molecule has 1 aliphatic carbocycles. The number of anilines is 2. The van der Waals surface area contributed by atoms with Gasteiger partial charge in [0.1, 0.15) is 11.6 Å². The van der Waals surface area contributed by atoms with Gasteiger partial charge in [0.15, 0.2) is 0 Å². The van der Waals surface area contributed by atoms with Crippen molar-refractivity contribution in [1.82, 2.24) is 15.3 Å². The molecule has 2 fully saturated rings. The summed E-state index contributed by atoms with van der Waals surface area (Å²) in [5.41, 5.74) is 7.36. The van der Waals surface area contributed by atoms with Gasteiger partial charge in [0.25, 0.3) is 0 Å². The van der Waals surface area contributed by atoms with E-state index in [1.165, 1.54) is 0 Å². The zero-order valence-corrected chi connectivity index (χ0v) is 16.7. The van der Waals surface area contributed by atoms with Crippen LogP contribution in [0.15, 0.2) is 30.5 Å². The zero-order chi connectivity index (χ0) is 21.1. The Hall–Kier alpha value is -2.81. The van der Waals surface area contributed by atoms with Crippen molar-refractivity contribution in [1.29, 1.82) is 0 Å². The van der Waals surface area contributed by atoms with E-state index >= 15 is 0 Å². The fourth-order valence-electron chi connectivity index (χ4n) is 3.92. The number of pyridine rings is 2. The highest BCUT2D eigenvalue weighted by Gasteiger charge is 2.34. The third-order valence-corrected chi connectivity index (χ3v) is 5.66. The second-order valence-electron chi connectivity index (χ2n) is 7.90. The highest BCUT2D eigenvalue weighted by atomic mass is 19.3. The van der Waals surface area contributed by atoms with Gasteiger partial charge in [-0.2, -0.15) is 0 Å². The number of hydrogen-bond acceptors (Lipinski definition) is 6. The third-order valence-electron chi connectivity index (χ3n) is 5.66. The minimum absolute atomic E-state index is 0.0336. The molecule has 4 rings (SSSR count). The predicted octanol–water partition coefficient (Wildman–Crippen LogP) is 2.64. The summed E-state index contributed by atoms with van der Waals surface area (Å²) in [6, 6.07) is 7.01. The zero-order valence-electron chi connectivity index (χ0n) is 16.7. The number of primary amides is 1. The summed E-state index contributed by atoms with van der Waals surface area (Å²) in [6.45, 7) is 3.29. The van der Waals surface area contributed by atoms with Crippen molar-refractivity contribution in [2.24, 2.45) is 5.73 Å². The van der Waals surface area contributed by atoms with Crippen LogP contribution in [0.2, 0.25) is 0 Å². The van der Waals surface area contributed by atoms with Gasteiger partial charge in [-0.15, -0.1) is 0 Å². The quantitative estimate of drug-likeness (QED) is 0.694. The molecule has 1 saturated carbocycles. The lowest BCUT2D eigenvalue weighted by atomic mass is 9.92. The van der Waals surface area contributed by atoms with Crippen LogP contribution in [-0.2, 0) is 0 Å². The van der Waals surface area contributed by atoms with Gasteiger partial charge in [-0.25, -0.2) is 18.7 Å². The monoisotopic (exact) mass is 416 g/mol. The molecule has 4 N–H and O–H groups in total. The molecular weight excluding hydrogens is 390 g/mol. The Labute approximate surface area is 174 Å². The molecule has 0 bridgehead atoms. The number of aromatic nitrogens is 2. The number of nitrogens with two attached hydrogens (primary N) is 1. The molecule has 2 aromatic rings. The Morgan fingerprint density at radius 3 is 2.63 bits per heavy atom. The first-order chi connectivity index (χ1) is 14.4. The molecule has 1 saturated heterocycles. The molecule has 7 nitrogen and oxygen atoms in total. The Morgan fingerprint density at radius 1 is 1.20 bits per heavy atom. The molecule has 30 heavy (non-hydrogen) atoms.